The molecule has 2 rings (SSSR count). The van der Waals surface area contributed by atoms with Gasteiger partial charge in [0.1, 0.15) is 5.75 Å². The van der Waals surface area contributed by atoms with Crippen molar-refractivity contribution >= 4 is 17.5 Å². The number of amides is 1. The molecule has 1 aromatic rings. The molecule has 0 saturated carbocycles. The molecule has 0 unspecified atom stereocenters. The van der Waals surface area contributed by atoms with Crippen LogP contribution in [-0.4, -0.2) is 55.5 Å². The van der Waals surface area contributed by atoms with E-state index in [-0.39, 0.29) is 5.91 Å². The standard InChI is InChI=1S/C15H19ClN2O2/c1-3-6-17-7-9-18(10-8-17)15(19)13-11-12(16)4-5-14(13)20-2/h3-5,11H,1,6-10H2,2H3. The Morgan fingerprint density at radius 1 is 1.40 bits per heavy atom. The maximum Gasteiger partial charge on any atom is 0.257 e. The quantitative estimate of drug-likeness (QED) is 0.799. The van der Waals surface area contributed by atoms with Crippen molar-refractivity contribution in [3.63, 3.8) is 0 Å². The first kappa shape index (κ1) is 14.9. The number of hydrogen-bond donors (Lipinski definition) is 0. The Morgan fingerprint density at radius 2 is 2.10 bits per heavy atom. The van der Waals surface area contributed by atoms with Gasteiger partial charge >= 0.3 is 0 Å². The molecule has 0 radical (unpaired) electrons. The molecule has 1 amide bonds. The molecule has 1 aliphatic rings. The van der Waals surface area contributed by atoms with E-state index in [1.807, 2.05) is 11.0 Å². The van der Waals surface area contributed by atoms with E-state index >= 15 is 0 Å². The molecule has 0 N–H and O–H groups in total. The Hall–Kier alpha value is -1.52. The first-order chi connectivity index (χ1) is 9.65. The van der Waals surface area contributed by atoms with E-state index < -0.39 is 0 Å². The van der Waals surface area contributed by atoms with E-state index in [1.165, 1.54) is 0 Å². The van der Waals surface area contributed by atoms with E-state index in [9.17, 15) is 4.79 Å². The third-order valence-electron chi connectivity index (χ3n) is 3.44. The van der Waals surface area contributed by atoms with Gasteiger partial charge in [0, 0.05) is 37.7 Å². The van der Waals surface area contributed by atoms with Gasteiger partial charge in [0.2, 0.25) is 0 Å². The van der Waals surface area contributed by atoms with Crippen LogP contribution in [0.3, 0.4) is 0 Å². The van der Waals surface area contributed by atoms with E-state index in [0.717, 1.165) is 19.6 Å². The van der Waals surface area contributed by atoms with Crippen molar-refractivity contribution in [2.75, 3.05) is 39.8 Å². The Kier molecular flexibility index (Phi) is 5.04. The number of carbonyl (C=O) groups excluding carboxylic acids is 1. The molecule has 5 heteroatoms. The molecule has 1 aliphatic heterocycles. The summed E-state index contributed by atoms with van der Waals surface area (Å²) in [6.45, 7) is 7.74. The maximum absolute atomic E-state index is 12.5. The molecule has 4 nitrogen and oxygen atoms in total. The fraction of sp³-hybridized carbons (Fsp3) is 0.400. The number of piperazine rings is 1. The number of benzene rings is 1. The summed E-state index contributed by atoms with van der Waals surface area (Å²) in [5, 5.41) is 0.541. The topological polar surface area (TPSA) is 32.8 Å². The van der Waals surface area contributed by atoms with Gasteiger partial charge in [-0.2, -0.15) is 0 Å². The van der Waals surface area contributed by atoms with Crippen molar-refractivity contribution in [2.24, 2.45) is 0 Å². The van der Waals surface area contributed by atoms with Crippen molar-refractivity contribution in [3.8, 4) is 5.75 Å². The highest BCUT2D eigenvalue weighted by Gasteiger charge is 2.23. The summed E-state index contributed by atoms with van der Waals surface area (Å²) in [5.74, 6) is 0.538. The molecule has 0 aromatic heterocycles. The zero-order valence-corrected chi connectivity index (χ0v) is 12.4. The lowest BCUT2D eigenvalue weighted by Gasteiger charge is -2.34. The number of methoxy groups -OCH3 is 1. The number of halogens is 1. The fourth-order valence-corrected chi connectivity index (χ4v) is 2.51. The molecular formula is C15H19ClN2O2. The van der Waals surface area contributed by atoms with Crippen molar-refractivity contribution < 1.29 is 9.53 Å². The van der Waals surface area contributed by atoms with Crippen molar-refractivity contribution in [1.29, 1.82) is 0 Å². The van der Waals surface area contributed by atoms with Crippen LogP contribution in [-0.2, 0) is 0 Å². The second kappa shape index (κ2) is 6.77. The summed E-state index contributed by atoms with van der Waals surface area (Å²) in [5.41, 5.74) is 0.525. The molecule has 0 bridgehead atoms. The van der Waals surface area contributed by atoms with Crippen LogP contribution < -0.4 is 4.74 Å². The molecule has 0 spiro atoms. The Balaban J connectivity index is 2.09. The van der Waals surface area contributed by atoms with Gasteiger partial charge in [-0.05, 0) is 18.2 Å². The normalized spacial score (nSPS) is 16.0. The molecule has 0 aliphatic carbocycles. The van der Waals surface area contributed by atoms with Gasteiger partial charge in [0.15, 0.2) is 0 Å². The number of rotatable bonds is 4. The van der Waals surface area contributed by atoms with Crippen LogP contribution in [0, 0.1) is 0 Å². The first-order valence-electron chi connectivity index (χ1n) is 6.61. The minimum Gasteiger partial charge on any atom is -0.496 e. The predicted octanol–water partition coefficient (Wildman–Crippen LogP) is 2.29. The first-order valence-corrected chi connectivity index (χ1v) is 6.99. The van der Waals surface area contributed by atoms with Gasteiger partial charge in [-0.15, -0.1) is 6.58 Å². The summed E-state index contributed by atoms with van der Waals surface area (Å²) in [4.78, 5) is 16.7. The van der Waals surface area contributed by atoms with Gasteiger partial charge in [-0.1, -0.05) is 17.7 Å². The lowest BCUT2D eigenvalue weighted by Crippen LogP contribution is -2.48. The second-order valence-electron chi connectivity index (χ2n) is 4.73. The smallest absolute Gasteiger partial charge is 0.257 e. The van der Waals surface area contributed by atoms with E-state index in [2.05, 4.69) is 11.5 Å². The Labute approximate surface area is 124 Å². The van der Waals surface area contributed by atoms with Crippen LogP contribution >= 0.6 is 11.6 Å². The molecule has 1 saturated heterocycles. The maximum atomic E-state index is 12.5. The van der Waals surface area contributed by atoms with E-state index in [0.29, 0.717) is 29.4 Å². The summed E-state index contributed by atoms with van der Waals surface area (Å²) in [6, 6.07) is 5.11. The van der Waals surface area contributed by atoms with Crippen molar-refractivity contribution in [2.45, 2.75) is 0 Å². The highest BCUT2D eigenvalue weighted by molar-refractivity contribution is 6.31. The molecule has 1 aromatic carbocycles. The van der Waals surface area contributed by atoms with Crippen LogP contribution in [0.15, 0.2) is 30.9 Å². The molecular weight excluding hydrogens is 276 g/mol. The van der Waals surface area contributed by atoms with E-state index in [4.69, 9.17) is 16.3 Å². The number of ether oxygens (including phenoxy) is 1. The monoisotopic (exact) mass is 294 g/mol. The number of nitrogens with zero attached hydrogens (tertiary/aromatic N) is 2. The molecule has 0 atom stereocenters. The average Bonchev–Trinajstić information content (AvgIpc) is 2.47. The van der Waals surface area contributed by atoms with Gasteiger partial charge in [-0.25, -0.2) is 0 Å². The SMILES string of the molecule is C=CCN1CCN(C(=O)c2cc(Cl)ccc2OC)CC1. The van der Waals surface area contributed by atoms with Gasteiger partial charge < -0.3 is 9.64 Å². The molecule has 1 fully saturated rings. The van der Waals surface area contributed by atoms with Crippen molar-refractivity contribution in [3.05, 3.63) is 41.4 Å². The summed E-state index contributed by atoms with van der Waals surface area (Å²) in [6.07, 6.45) is 1.89. The summed E-state index contributed by atoms with van der Waals surface area (Å²) in [7, 11) is 1.56. The van der Waals surface area contributed by atoms with Crippen LogP contribution in [0.4, 0.5) is 0 Å². The Morgan fingerprint density at radius 3 is 2.70 bits per heavy atom. The Bertz CT molecular complexity index is 497. The zero-order chi connectivity index (χ0) is 14.5. The molecule has 20 heavy (non-hydrogen) atoms. The number of carbonyl (C=O) groups is 1. The lowest BCUT2D eigenvalue weighted by atomic mass is 10.1. The van der Waals surface area contributed by atoms with Crippen molar-refractivity contribution in [1.82, 2.24) is 9.80 Å². The van der Waals surface area contributed by atoms with Gasteiger partial charge in [-0.3, -0.25) is 9.69 Å². The van der Waals surface area contributed by atoms with Crippen LogP contribution in [0.1, 0.15) is 10.4 Å². The zero-order valence-electron chi connectivity index (χ0n) is 11.6. The minimum atomic E-state index is -0.0254. The number of hydrogen-bond acceptors (Lipinski definition) is 3. The predicted molar refractivity (Wildman–Crippen MR) is 80.5 cm³/mol. The highest BCUT2D eigenvalue weighted by Crippen LogP contribution is 2.24. The largest absolute Gasteiger partial charge is 0.496 e. The average molecular weight is 295 g/mol. The van der Waals surface area contributed by atoms with Crippen LogP contribution in [0.5, 0.6) is 5.75 Å². The third-order valence-corrected chi connectivity index (χ3v) is 3.67. The van der Waals surface area contributed by atoms with Crippen LogP contribution in [0.25, 0.3) is 0 Å². The summed E-state index contributed by atoms with van der Waals surface area (Å²) < 4.78 is 5.24. The minimum absolute atomic E-state index is 0.0254. The second-order valence-corrected chi connectivity index (χ2v) is 5.16. The van der Waals surface area contributed by atoms with Gasteiger partial charge in [0.25, 0.3) is 5.91 Å². The highest BCUT2D eigenvalue weighted by atomic mass is 35.5. The molecule has 1 heterocycles. The third kappa shape index (κ3) is 3.32. The molecule has 108 valence electrons. The summed E-state index contributed by atoms with van der Waals surface area (Å²) >= 11 is 5.98. The van der Waals surface area contributed by atoms with Gasteiger partial charge in [0.05, 0.1) is 12.7 Å². The van der Waals surface area contributed by atoms with E-state index in [1.54, 1.807) is 25.3 Å². The lowest BCUT2D eigenvalue weighted by molar-refractivity contribution is 0.0647. The van der Waals surface area contributed by atoms with Crippen LogP contribution in [0.2, 0.25) is 5.02 Å². The fourth-order valence-electron chi connectivity index (χ4n) is 2.33.